The van der Waals surface area contributed by atoms with Crippen molar-refractivity contribution in [2.75, 3.05) is 13.7 Å². The maximum atomic E-state index is 10.3. The van der Waals surface area contributed by atoms with E-state index in [1.807, 2.05) is 6.07 Å². The number of aryl methyl sites for hydroxylation is 1. The van der Waals surface area contributed by atoms with Crippen LogP contribution in [0.2, 0.25) is 5.02 Å². The Morgan fingerprint density at radius 2 is 2.26 bits per heavy atom. The average Bonchev–Trinajstić information content (AvgIpc) is 2.84. The smallest absolute Gasteiger partial charge is 0.215 e. The van der Waals surface area contributed by atoms with E-state index >= 15 is 0 Å². The van der Waals surface area contributed by atoms with Crippen LogP contribution in [0.3, 0.4) is 0 Å². The number of methoxy groups -OCH3 is 1. The largest absolute Gasteiger partial charge is 0.495 e. The summed E-state index contributed by atoms with van der Waals surface area (Å²) in [6.45, 7) is 2.13. The van der Waals surface area contributed by atoms with Gasteiger partial charge in [0.25, 0.3) is 0 Å². The summed E-state index contributed by atoms with van der Waals surface area (Å²) in [4.78, 5) is 0. The molecule has 5 heteroatoms. The summed E-state index contributed by atoms with van der Waals surface area (Å²) in [5.41, 5.74) is 2.75. The van der Waals surface area contributed by atoms with Crippen LogP contribution in [0.5, 0.6) is 5.75 Å². The number of benzene rings is 1. The van der Waals surface area contributed by atoms with Crippen molar-refractivity contribution in [2.45, 2.75) is 32.3 Å². The lowest BCUT2D eigenvalue weighted by atomic mass is 9.97. The molecule has 2 rings (SSSR count). The third kappa shape index (κ3) is 2.55. The number of rotatable bonds is 4. The lowest BCUT2D eigenvalue weighted by Gasteiger charge is -2.20. The van der Waals surface area contributed by atoms with Gasteiger partial charge in [-0.1, -0.05) is 11.6 Å². The van der Waals surface area contributed by atoms with Crippen molar-refractivity contribution >= 4 is 17.5 Å². The van der Waals surface area contributed by atoms with Crippen LogP contribution in [0.4, 0.5) is 0 Å². The van der Waals surface area contributed by atoms with Crippen molar-refractivity contribution in [1.29, 1.82) is 5.41 Å². The Morgan fingerprint density at radius 3 is 2.89 bits per heavy atom. The highest BCUT2D eigenvalue weighted by Crippen LogP contribution is 2.41. The van der Waals surface area contributed by atoms with Crippen LogP contribution in [0.25, 0.3) is 0 Å². The Labute approximate surface area is 117 Å². The maximum Gasteiger partial charge on any atom is 0.215 e. The molecule has 0 radical (unpaired) electrons. The standard InChI is InChI=1S/C14H18ClNO3/c1-3-19-14(16)12(17)11-9-6-4-5-8(9)7-10(15)13(11)18-2/h7,12,16-17H,3-6H2,1-2H3. The fourth-order valence-electron chi connectivity index (χ4n) is 2.58. The number of aliphatic hydroxyl groups excluding tert-OH is 1. The van der Waals surface area contributed by atoms with Gasteiger partial charge in [0.2, 0.25) is 5.90 Å². The molecule has 19 heavy (non-hydrogen) atoms. The number of halogens is 1. The Balaban J connectivity index is 2.51. The number of nitrogens with one attached hydrogen (secondary N) is 1. The number of aliphatic hydroxyl groups is 1. The summed E-state index contributed by atoms with van der Waals surface area (Å²) in [6.07, 6.45) is 1.72. The molecule has 1 aliphatic carbocycles. The first kappa shape index (κ1) is 14.2. The lowest BCUT2D eigenvalue weighted by Crippen LogP contribution is -2.17. The van der Waals surface area contributed by atoms with Gasteiger partial charge in [0.1, 0.15) is 5.75 Å². The fraction of sp³-hybridized carbons (Fsp3) is 0.500. The molecular weight excluding hydrogens is 266 g/mol. The predicted octanol–water partition coefficient (Wildman–Crippen LogP) is 2.88. The van der Waals surface area contributed by atoms with Gasteiger partial charge in [-0.25, -0.2) is 0 Å². The molecule has 1 aliphatic rings. The number of hydrogen-bond acceptors (Lipinski definition) is 4. The minimum absolute atomic E-state index is 0.169. The van der Waals surface area contributed by atoms with E-state index in [2.05, 4.69) is 0 Å². The first-order chi connectivity index (χ1) is 9.10. The zero-order chi connectivity index (χ0) is 14.0. The van der Waals surface area contributed by atoms with Gasteiger partial charge >= 0.3 is 0 Å². The molecule has 1 aromatic rings. The van der Waals surface area contributed by atoms with Gasteiger partial charge in [0.05, 0.1) is 18.7 Å². The molecule has 0 spiro atoms. The molecule has 1 atom stereocenters. The van der Waals surface area contributed by atoms with Gasteiger partial charge in [-0.3, -0.25) is 5.41 Å². The van der Waals surface area contributed by atoms with Crippen molar-refractivity contribution in [3.8, 4) is 5.75 Å². The topological polar surface area (TPSA) is 62.5 Å². The molecule has 104 valence electrons. The zero-order valence-electron chi connectivity index (χ0n) is 11.1. The van der Waals surface area contributed by atoms with E-state index in [4.69, 9.17) is 26.5 Å². The Bertz CT molecular complexity index is 498. The van der Waals surface area contributed by atoms with Crippen LogP contribution in [0.15, 0.2) is 6.07 Å². The first-order valence-corrected chi connectivity index (χ1v) is 6.75. The first-order valence-electron chi connectivity index (χ1n) is 6.37. The second kappa shape index (κ2) is 5.80. The average molecular weight is 284 g/mol. The lowest BCUT2D eigenvalue weighted by molar-refractivity contribution is 0.186. The molecule has 1 aromatic carbocycles. The van der Waals surface area contributed by atoms with Crippen LogP contribution in [0, 0.1) is 5.41 Å². The van der Waals surface area contributed by atoms with Gasteiger partial charge < -0.3 is 14.6 Å². The van der Waals surface area contributed by atoms with E-state index in [0.29, 0.717) is 22.9 Å². The number of hydrogen-bond donors (Lipinski definition) is 2. The fourth-order valence-corrected chi connectivity index (χ4v) is 2.89. The van der Waals surface area contributed by atoms with Crippen molar-refractivity contribution in [1.82, 2.24) is 0 Å². The van der Waals surface area contributed by atoms with E-state index < -0.39 is 6.10 Å². The van der Waals surface area contributed by atoms with E-state index in [1.54, 1.807) is 6.92 Å². The Morgan fingerprint density at radius 1 is 1.53 bits per heavy atom. The molecular formula is C14H18ClNO3. The summed E-state index contributed by atoms with van der Waals surface area (Å²) in [6, 6.07) is 1.89. The van der Waals surface area contributed by atoms with Gasteiger partial charge in [-0.2, -0.15) is 0 Å². The number of fused-ring (bicyclic) bond motifs is 1. The van der Waals surface area contributed by atoms with Crippen LogP contribution >= 0.6 is 11.6 Å². The van der Waals surface area contributed by atoms with Gasteiger partial charge in [0.15, 0.2) is 6.10 Å². The third-order valence-corrected chi connectivity index (χ3v) is 3.65. The Kier molecular flexibility index (Phi) is 4.32. The highest BCUT2D eigenvalue weighted by atomic mass is 35.5. The van der Waals surface area contributed by atoms with Gasteiger partial charge in [-0.05, 0) is 43.4 Å². The predicted molar refractivity (Wildman–Crippen MR) is 74.3 cm³/mol. The second-order valence-electron chi connectivity index (χ2n) is 4.50. The molecule has 0 bridgehead atoms. The molecule has 4 nitrogen and oxygen atoms in total. The number of ether oxygens (including phenoxy) is 2. The van der Waals surface area contributed by atoms with Crippen LogP contribution in [0.1, 0.15) is 36.1 Å². The molecule has 0 amide bonds. The molecule has 1 unspecified atom stereocenters. The third-order valence-electron chi connectivity index (χ3n) is 3.37. The van der Waals surface area contributed by atoms with Crippen molar-refractivity contribution in [2.24, 2.45) is 0 Å². The summed E-state index contributed by atoms with van der Waals surface area (Å²) in [7, 11) is 1.52. The van der Waals surface area contributed by atoms with Crippen molar-refractivity contribution in [3.05, 3.63) is 27.8 Å². The van der Waals surface area contributed by atoms with E-state index in [-0.39, 0.29) is 5.90 Å². The van der Waals surface area contributed by atoms with Crippen LogP contribution in [-0.2, 0) is 17.6 Å². The second-order valence-corrected chi connectivity index (χ2v) is 4.90. The summed E-state index contributed by atoms with van der Waals surface area (Å²) in [5, 5.41) is 18.6. The zero-order valence-corrected chi connectivity index (χ0v) is 11.9. The molecule has 2 N–H and O–H groups in total. The minimum atomic E-state index is -1.12. The summed E-state index contributed by atoms with van der Waals surface area (Å²) < 4.78 is 10.4. The highest BCUT2D eigenvalue weighted by Gasteiger charge is 2.28. The van der Waals surface area contributed by atoms with Crippen molar-refractivity contribution in [3.63, 3.8) is 0 Å². The van der Waals surface area contributed by atoms with Gasteiger partial charge in [-0.15, -0.1) is 0 Å². The maximum absolute atomic E-state index is 10.3. The molecule has 0 heterocycles. The minimum Gasteiger partial charge on any atom is -0.495 e. The van der Waals surface area contributed by atoms with E-state index in [1.165, 1.54) is 7.11 Å². The summed E-state index contributed by atoms with van der Waals surface area (Å²) >= 11 is 6.19. The molecule has 0 fully saturated rings. The SMILES string of the molecule is CCOC(=N)C(O)c1c2c(cc(Cl)c1OC)CCC2. The monoisotopic (exact) mass is 283 g/mol. The van der Waals surface area contributed by atoms with E-state index in [0.717, 1.165) is 30.4 Å². The molecule has 0 saturated carbocycles. The highest BCUT2D eigenvalue weighted by molar-refractivity contribution is 6.32. The Hall–Kier alpha value is -1.26. The molecule has 0 saturated heterocycles. The molecule has 0 aromatic heterocycles. The van der Waals surface area contributed by atoms with E-state index in [9.17, 15) is 5.11 Å². The normalized spacial score (nSPS) is 14.9. The quantitative estimate of drug-likeness (QED) is 0.660. The van der Waals surface area contributed by atoms with Gasteiger partial charge in [0, 0.05) is 5.56 Å². The molecule has 0 aliphatic heterocycles. The van der Waals surface area contributed by atoms with Crippen molar-refractivity contribution < 1.29 is 14.6 Å². The van der Waals surface area contributed by atoms with Crippen LogP contribution < -0.4 is 4.74 Å². The summed E-state index contributed by atoms with van der Waals surface area (Å²) in [5.74, 6) is 0.274. The van der Waals surface area contributed by atoms with Crippen LogP contribution in [-0.4, -0.2) is 24.7 Å².